The molecule has 0 spiro atoms. The van der Waals surface area contributed by atoms with Crippen LogP contribution in [-0.2, 0) is 15.7 Å². The van der Waals surface area contributed by atoms with E-state index >= 15 is 0 Å². The number of aromatic amines is 1. The zero-order chi connectivity index (χ0) is 17.7. The van der Waals surface area contributed by atoms with Crippen LogP contribution < -0.4 is 10.5 Å². The lowest BCUT2D eigenvalue weighted by molar-refractivity contribution is -0.138. The molecule has 0 radical (unpaired) electrons. The standard InChI is InChI=1S/C14H18F3N3O4/c15-14(16,17)12-10(7-18-19-13(12)23)20-5-1-3-9(20)8-24-6-2-4-11(21)22/h7,9H,1-6,8H2,(H,19,23)(H,21,22)/t9-/m0/s1. The number of hydrogen-bond acceptors (Lipinski definition) is 5. The van der Waals surface area contributed by atoms with Gasteiger partial charge in [-0.1, -0.05) is 0 Å². The van der Waals surface area contributed by atoms with Crippen LogP contribution in [0, 0.1) is 0 Å². The Morgan fingerprint density at radius 2 is 2.25 bits per heavy atom. The highest BCUT2D eigenvalue weighted by Gasteiger charge is 2.40. The second-order valence-corrected chi connectivity index (χ2v) is 5.52. The van der Waals surface area contributed by atoms with E-state index in [0.717, 1.165) is 6.20 Å². The van der Waals surface area contributed by atoms with Gasteiger partial charge in [-0.3, -0.25) is 9.59 Å². The first kappa shape index (κ1) is 18.2. The van der Waals surface area contributed by atoms with Crippen molar-refractivity contribution in [2.24, 2.45) is 0 Å². The van der Waals surface area contributed by atoms with Crippen LogP contribution >= 0.6 is 0 Å². The number of carboxylic acid groups (broad SMARTS) is 1. The van der Waals surface area contributed by atoms with Crippen molar-refractivity contribution in [1.29, 1.82) is 0 Å². The molecule has 1 aromatic heterocycles. The lowest BCUT2D eigenvalue weighted by Crippen LogP contribution is -2.37. The number of anilines is 1. The Kier molecular flexibility index (Phi) is 5.81. The fraction of sp³-hybridized carbons (Fsp3) is 0.643. The average molecular weight is 349 g/mol. The number of carbonyl (C=O) groups is 1. The van der Waals surface area contributed by atoms with Crippen LogP contribution in [-0.4, -0.2) is 47.1 Å². The smallest absolute Gasteiger partial charge is 0.423 e. The SMILES string of the molecule is O=C(O)CCCOC[C@@H]1CCCN1c1cn[nH]c(=O)c1C(F)(F)F. The predicted octanol–water partition coefficient (Wildman–Crippen LogP) is 1.64. The maximum absolute atomic E-state index is 13.2. The van der Waals surface area contributed by atoms with Crippen LogP contribution in [0.1, 0.15) is 31.2 Å². The lowest BCUT2D eigenvalue weighted by atomic mass is 10.2. The second kappa shape index (κ2) is 7.65. The van der Waals surface area contributed by atoms with Gasteiger partial charge in [0.15, 0.2) is 0 Å². The summed E-state index contributed by atoms with van der Waals surface area (Å²) in [5, 5.41) is 13.8. The van der Waals surface area contributed by atoms with Gasteiger partial charge in [-0.15, -0.1) is 0 Å². The third-order valence-electron chi connectivity index (χ3n) is 3.80. The van der Waals surface area contributed by atoms with Crippen molar-refractivity contribution in [3.63, 3.8) is 0 Å². The maximum atomic E-state index is 13.2. The largest absolute Gasteiger partial charge is 0.481 e. The van der Waals surface area contributed by atoms with E-state index in [0.29, 0.717) is 25.8 Å². The van der Waals surface area contributed by atoms with E-state index in [1.807, 2.05) is 5.10 Å². The fourth-order valence-electron chi connectivity index (χ4n) is 2.75. The number of aromatic nitrogens is 2. The van der Waals surface area contributed by atoms with Gasteiger partial charge < -0.3 is 14.7 Å². The molecule has 0 aromatic carbocycles. The Bertz CT molecular complexity index is 632. The van der Waals surface area contributed by atoms with Crippen LogP contribution in [0.2, 0.25) is 0 Å². The molecule has 10 heteroatoms. The quantitative estimate of drug-likeness (QED) is 0.727. The topological polar surface area (TPSA) is 95.5 Å². The summed E-state index contributed by atoms with van der Waals surface area (Å²) in [6.45, 7) is 0.761. The van der Waals surface area contributed by atoms with Crippen LogP contribution in [0.5, 0.6) is 0 Å². The average Bonchev–Trinajstić information content (AvgIpc) is 2.93. The number of halogens is 3. The molecule has 1 aromatic rings. The van der Waals surface area contributed by atoms with Crippen molar-refractivity contribution in [2.45, 2.75) is 37.9 Å². The molecule has 7 nitrogen and oxygen atoms in total. The molecular formula is C14H18F3N3O4. The van der Waals surface area contributed by atoms with E-state index in [1.165, 1.54) is 4.90 Å². The van der Waals surface area contributed by atoms with Crippen molar-refractivity contribution in [1.82, 2.24) is 10.2 Å². The number of alkyl halides is 3. The zero-order valence-corrected chi connectivity index (χ0v) is 12.8. The van der Waals surface area contributed by atoms with Gasteiger partial charge in [0.05, 0.1) is 24.5 Å². The van der Waals surface area contributed by atoms with Gasteiger partial charge in [0.2, 0.25) is 0 Å². The van der Waals surface area contributed by atoms with E-state index in [1.54, 1.807) is 0 Å². The number of aliphatic carboxylic acids is 1. The molecule has 1 aliphatic heterocycles. The molecule has 0 amide bonds. The molecule has 134 valence electrons. The van der Waals surface area contributed by atoms with Crippen LogP contribution in [0.4, 0.5) is 18.9 Å². The Labute approximate surface area is 135 Å². The molecule has 0 aliphatic carbocycles. The first-order valence-corrected chi connectivity index (χ1v) is 7.51. The molecule has 1 aliphatic rings. The van der Waals surface area contributed by atoms with E-state index in [2.05, 4.69) is 5.10 Å². The summed E-state index contributed by atoms with van der Waals surface area (Å²) in [7, 11) is 0. The van der Waals surface area contributed by atoms with Gasteiger partial charge in [0, 0.05) is 19.6 Å². The van der Waals surface area contributed by atoms with Crippen LogP contribution in [0.15, 0.2) is 11.0 Å². The summed E-state index contributed by atoms with van der Waals surface area (Å²) in [5.41, 5.74) is -2.77. The lowest BCUT2D eigenvalue weighted by Gasteiger charge is -2.28. The molecule has 1 atom stereocenters. The highest BCUT2D eigenvalue weighted by Crippen LogP contribution is 2.36. The molecule has 1 saturated heterocycles. The number of rotatable bonds is 7. The van der Waals surface area contributed by atoms with Gasteiger partial charge in [-0.25, -0.2) is 5.10 Å². The maximum Gasteiger partial charge on any atom is 0.423 e. The Morgan fingerprint density at radius 1 is 1.50 bits per heavy atom. The number of nitrogens with zero attached hydrogens (tertiary/aromatic N) is 2. The highest BCUT2D eigenvalue weighted by atomic mass is 19.4. The predicted molar refractivity (Wildman–Crippen MR) is 77.9 cm³/mol. The van der Waals surface area contributed by atoms with Crippen molar-refractivity contribution in [3.05, 3.63) is 22.1 Å². The normalized spacial score (nSPS) is 18.1. The molecule has 2 N–H and O–H groups in total. The van der Waals surface area contributed by atoms with E-state index in [-0.39, 0.29) is 31.4 Å². The Balaban J connectivity index is 2.07. The van der Waals surface area contributed by atoms with E-state index in [4.69, 9.17) is 9.84 Å². The van der Waals surface area contributed by atoms with Crippen molar-refractivity contribution < 1.29 is 27.8 Å². The van der Waals surface area contributed by atoms with Crippen LogP contribution in [0.25, 0.3) is 0 Å². The summed E-state index contributed by atoms with van der Waals surface area (Å²) in [4.78, 5) is 23.5. The molecule has 0 unspecified atom stereocenters. The van der Waals surface area contributed by atoms with Gasteiger partial charge in [-0.2, -0.15) is 18.3 Å². The molecule has 1 fully saturated rings. The molecular weight excluding hydrogens is 331 g/mol. The van der Waals surface area contributed by atoms with Crippen molar-refractivity contribution in [3.8, 4) is 0 Å². The van der Waals surface area contributed by atoms with Gasteiger partial charge >= 0.3 is 12.1 Å². The monoisotopic (exact) mass is 349 g/mol. The van der Waals surface area contributed by atoms with Crippen LogP contribution in [0.3, 0.4) is 0 Å². The number of H-pyrrole nitrogens is 1. The van der Waals surface area contributed by atoms with Gasteiger partial charge in [0.1, 0.15) is 5.56 Å². The zero-order valence-electron chi connectivity index (χ0n) is 12.8. The summed E-state index contributed by atoms with van der Waals surface area (Å²) in [6.07, 6.45) is -2.16. The minimum atomic E-state index is -4.78. The van der Waals surface area contributed by atoms with E-state index < -0.39 is 23.3 Å². The second-order valence-electron chi connectivity index (χ2n) is 5.52. The van der Waals surface area contributed by atoms with Crippen molar-refractivity contribution in [2.75, 3.05) is 24.7 Å². The summed E-state index contributed by atoms with van der Waals surface area (Å²) >= 11 is 0. The molecule has 2 heterocycles. The van der Waals surface area contributed by atoms with E-state index in [9.17, 15) is 22.8 Å². The highest BCUT2D eigenvalue weighted by molar-refractivity contribution is 5.66. The third-order valence-corrected chi connectivity index (χ3v) is 3.80. The number of ether oxygens (including phenoxy) is 1. The van der Waals surface area contributed by atoms with Crippen molar-refractivity contribution >= 4 is 11.7 Å². The number of hydrogen-bond donors (Lipinski definition) is 2. The summed E-state index contributed by atoms with van der Waals surface area (Å²) < 4.78 is 44.9. The third kappa shape index (κ3) is 4.47. The molecule has 0 bridgehead atoms. The molecule has 0 saturated carbocycles. The fourth-order valence-corrected chi connectivity index (χ4v) is 2.75. The molecule has 2 rings (SSSR count). The molecule has 24 heavy (non-hydrogen) atoms. The van der Waals surface area contributed by atoms with Gasteiger partial charge in [0.25, 0.3) is 5.56 Å². The summed E-state index contributed by atoms with van der Waals surface area (Å²) in [6, 6.07) is -0.306. The minimum absolute atomic E-state index is 0.0232. The minimum Gasteiger partial charge on any atom is -0.481 e. The first-order valence-electron chi connectivity index (χ1n) is 7.51. The number of carboxylic acids is 1. The summed E-state index contributed by atoms with van der Waals surface area (Å²) in [5.74, 6) is -0.925. The first-order chi connectivity index (χ1) is 11.3. The van der Waals surface area contributed by atoms with Gasteiger partial charge in [-0.05, 0) is 19.3 Å². The number of nitrogens with one attached hydrogen (secondary N) is 1. The Hall–Kier alpha value is -2.10. The Morgan fingerprint density at radius 3 is 2.92 bits per heavy atom.